The second-order valence-electron chi connectivity index (χ2n) is 5.14. The average molecular weight is 278 g/mol. The maximum absolute atomic E-state index is 6.00. The van der Waals surface area contributed by atoms with E-state index in [1.807, 2.05) is 6.07 Å². The van der Waals surface area contributed by atoms with Gasteiger partial charge in [0.05, 0.1) is 13.2 Å². The molecule has 1 atom stereocenters. The number of fused-ring (bicyclic) bond motifs is 1. The fraction of sp³-hybridized carbons (Fsp3) is 0.625. The van der Waals surface area contributed by atoms with Crippen LogP contribution < -0.4 is 15.2 Å². The van der Waals surface area contributed by atoms with Crippen molar-refractivity contribution in [2.24, 2.45) is 5.73 Å². The van der Waals surface area contributed by atoms with Crippen LogP contribution in [-0.4, -0.2) is 37.7 Å². The van der Waals surface area contributed by atoms with E-state index in [1.165, 1.54) is 5.56 Å². The van der Waals surface area contributed by atoms with Crippen molar-refractivity contribution in [1.82, 2.24) is 4.90 Å². The second-order valence-corrected chi connectivity index (χ2v) is 5.14. The lowest BCUT2D eigenvalue weighted by molar-refractivity contribution is 0.212. The average Bonchev–Trinajstić information content (AvgIpc) is 2.71. The van der Waals surface area contributed by atoms with Crippen molar-refractivity contribution >= 4 is 0 Å². The van der Waals surface area contributed by atoms with Crippen LogP contribution in [-0.2, 0) is 0 Å². The SMILES string of the molecule is CCCN(CC)C(CN)c1ccc2c(c1)OCCCO2. The molecule has 2 rings (SSSR count). The minimum atomic E-state index is 0.247. The molecule has 112 valence electrons. The predicted molar refractivity (Wildman–Crippen MR) is 81.4 cm³/mol. The Morgan fingerprint density at radius 1 is 1.20 bits per heavy atom. The van der Waals surface area contributed by atoms with Crippen molar-refractivity contribution < 1.29 is 9.47 Å². The highest BCUT2D eigenvalue weighted by atomic mass is 16.5. The molecular formula is C16H26N2O2. The summed E-state index contributed by atoms with van der Waals surface area (Å²) in [5.41, 5.74) is 7.22. The quantitative estimate of drug-likeness (QED) is 0.869. The molecule has 0 radical (unpaired) electrons. The van der Waals surface area contributed by atoms with E-state index < -0.39 is 0 Å². The summed E-state index contributed by atoms with van der Waals surface area (Å²) in [5.74, 6) is 1.70. The van der Waals surface area contributed by atoms with Crippen LogP contribution in [0.2, 0.25) is 0 Å². The van der Waals surface area contributed by atoms with Crippen molar-refractivity contribution in [3.05, 3.63) is 23.8 Å². The van der Waals surface area contributed by atoms with E-state index in [-0.39, 0.29) is 6.04 Å². The Balaban J connectivity index is 2.23. The number of ether oxygens (including phenoxy) is 2. The number of nitrogens with zero attached hydrogens (tertiary/aromatic N) is 1. The van der Waals surface area contributed by atoms with Crippen molar-refractivity contribution in [1.29, 1.82) is 0 Å². The lowest BCUT2D eigenvalue weighted by atomic mass is 10.0. The Kier molecular flexibility index (Phi) is 5.68. The Hall–Kier alpha value is -1.26. The van der Waals surface area contributed by atoms with Gasteiger partial charge in [-0.25, -0.2) is 0 Å². The third-order valence-corrected chi connectivity index (χ3v) is 3.74. The molecule has 2 N–H and O–H groups in total. The van der Waals surface area contributed by atoms with Crippen LogP contribution in [0.3, 0.4) is 0 Å². The highest BCUT2D eigenvalue weighted by molar-refractivity contribution is 5.44. The summed E-state index contributed by atoms with van der Waals surface area (Å²) in [7, 11) is 0. The van der Waals surface area contributed by atoms with Crippen LogP contribution in [0.25, 0.3) is 0 Å². The third kappa shape index (κ3) is 3.44. The third-order valence-electron chi connectivity index (χ3n) is 3.74. The van der Waals surface area contributed by atoms with Gasteiger partial charge in [0, 0.05) is 19.0 Å². The van der Waals surface area contributed by atoms with E-state index in [1.54, 1.807) is 0 Å². The summed E-state index contributed by atoms with van der Waals surface area (Å²) in [5, 5.41) is 0. The molecule has 0 fully saturated rings. The fourth-order valence-electron chi connectivity index (χ4n) is 2.70. The molecule has 0 aliphatic carbocycles. The van der Waals surface area contributed by atoms with Crippen LogP contribution in [0, 0.1) is 0 Å². The van der Waals surface area contributed by atoms with Gasteiger partial charge in [0.2, 0.25) is 0 Å². The molecule has 0 aromatic heterocycles. The van der Waals surface area contributed by atoms with Gasteiger partial charge in [0.15, 0.2) is 11.5 Å². The molecule has 4 heteroatoms. The number of benzene rings is 1. The molecule has 0 amide bonds. The maximum atomic E-state index is 6.00. The summed E-state index contributed by atoms with van der Waals surface area (Å²) in [6.07, 6.45) is 2.07. The van der Waals surface area contributed by atoms with E-state index in [2.05, 4.69) is 30.9 Å². The van der Waals surface area contributed by atoms with Gasteiger partial charge in [-0.15, -0.1) is 0 Å². The van der Waals surface area contributed by atoms with Crippen molar-refractivity contribution in [2.45, 2.75) is 32.7 Å². The van der Waals surface area contributed by atoms with Crippen LogP contribution in [0.4, 0.5) is 0 Å². The molecule has 0 bridgehead atoms. The van der Waals surface area contributed by atoms with Gasteiger partial charge in [-0.05, 0) is 37.2 Å². The molecule has 1 aromatic rings. The first-order chi connectivity index (χ1) is 9.80. The lowest BCUT2D eigenvalue weighted by Crippen LogP contribution is -2.34. The zero-order valence-electron chi connectivity index (χ0n) is 12.6. The van der Waals surface area contributed by atoms with Gasteiger partial charge in [-0.1, -0.05) is 19.9 Å². The van der Waals surface area contributed by atoms with E-state index >= 15 is 0 Å². The zero-order chi connectivity index (χ0) is 14.4. The zero-order valence-corrected chi connectivity index (χ0v) is 12.6. The predicted octanol–water partition coefficient (Wildman–Crippen LogP) is 2.58. The van der Waals surface area contributed by atoms with Crippen molar-refractivity contribution in [3.8, 4) is 11.5 Å². The fourth-order valence-corrected chi connectivity index (χ4v) is 2.70. The van der Waals surface area contributed by atoms with Crippen molar-refractivity contribution in [2.75, 3.05) is 32.8 Å². The Morgan fingerprint density at radius 2 is 1.95 bits per heavy atom. The minimum Gasteiger partial charge on any atom is -0.490 e. The summed E-state index contributed by atoms with van der Waals surface area (Å²) in [6, 6.07) is 6.47. The van der Waals surface area contributed by atoms with E-state index in [0.717, 1.165) is 50.6 Å². The first kappa shape index (κ1) is 15.1. The Labute approximate surface area is 121 Å². The molecule has 0 saturated heterocycles. The van der Waals surface area contributed by atoms with Gasteiger partial charge in [-0.3, -0.25) is 4.90 Å². The number of hydrogen-bond donors (Lipinski definition) is 1. The highest BCUT2D eigenvalue weighted by Gasteiger charge is 2.19. The molecule has 1 aliphatic heterocycles. The standard InChI is InChI=1S/C16H26N2O2/c1-3-8-18(4-2)14(12-17)13-6-7-15-16(11-13)20-10-5-9-19-15/h6-7,11,14H,3-5,8-10,12,17H2,1-2H3. The lowest BCUT2D eigenvalue weighted by Gasteiger charge is -2.30. The first-order valence-electron chi connectivity index (χ1n) is 7.63. The monoisotopic (exact) mass is 278 g/mol. The van der Waals surface area contributed by atoms with Gasteiger partial charge in [0.25, 0.3) is 0 Å². The van der Waals surface area contributed by atoms with E-state index in [4.69, 9.17) is 15.2 Å². The topological polar surface area (TPSA) is 47.7 Å². The van der Waals surface area contributed by atoms with Gasteiger partial charge in [0.1, 0.15) is 0 Å². The van der Waals surface area contributed by atoms with Gasteiger partial charge < -0.3 is 15.2 Å². The summed E-state index contributed by atoms with van der Waals surface area (Å²) >= 11 is 0. The summed E-state index contributed by atoms with van der Waals surface area (Å²) in [6.45, 7) is 8.51. The Morgan fingerprint density at radius 3 is 2.60 bits per heavy atom. The van der Waals surface area contributed by atoms with Crippen LogP contribution in [0.15, 0.2) is 18.2 Å². The molecule has 4 nitrogen and oxygen atoms in total. The molecule has 0 spiro atoms. The Bertz CT molecular complexity index is 423. The normalized spacial score (nSPS) is 16.0. The molecule has 0 saturated carbocycles. The summed E-state index contributed by atoms with van der Waals surface area (Å²) in [4.78, 5) is 2.42. The molecule has 1 aliphatic rings. The molecule has 1 heterocycles. The van der Waals surface area contributed by atoms with Gasteiger partial charge >= 0.3 is 0 Å². The molecule has 1 aromatic carbocycles. The molecular weight excluding hydrogens is 252 g/mol. The number of rotatable bonds is 6. The minimum absolute atomic E-state index is 0.247. The first-order valence-corrected chi connectivity index (χ1v) is 7.63. The largest absolute Gasteiger partial charge is 0.490 e. The number of hydrogen-bond acceptors (Lipinski definition) is 4. The second kappa shape index (κ2) is 7.50. The van der Waals surface area contributed by atoms with E-state index in [0.29, 0.717) is 6.54 Å². The van der Waals surface area contributed by atoms with Crippen LogP contribution in [0.5, 0.6) is 11.5 Å². The summed E-state index contributed by atoms with van der Waals surface area (Å²) < 4.78 is 11.5. The van der Waals surface area contributed by atoms with Crippen LogP contribution >= 0.6 is 0 Å². The molecule has 1 unspecified atom stereocenters. The number of likely N-dealkylation sites (N-methyl/N-ethyl adjacent to an activating group) is 1. The maximum Gasteiger partial charge on any atom is 0.161 e. The van der Waals surface area contributed by atoms with Crippen LogP contribution in [0.1, 0.15) is 38.3 Å². The highest BCUT2D eigenvalue weighted by Crippen LogP contribution is 2.33. The number of nitrogens with two attached hydrogens (primary N) is 1. The van der Waals surface area contributed by atoms with E-state index in [9.17, 15) is 0 Å². The van der Waals surface area contributed by atoms with Crippen molar-refractivity contribution in [3.63, 3.8) is 0 Å². The smallest absolute Gasteiger partial charge is 0.161 e. The van der Waals surface area contributed by atoms with Gasteiger partial charge in [-0.2, -0.15) is 0 Å². The molecule has 20 heavy (non-hydrogen) atoms.